The zero-order valence-corrected chi connectivity index (χ0v) is 16.0. The van der Waals surface area contributed by atoms with Crippen molar-refractivity contribution in [2.24, 2.45) is 5.92 Å². The Bertz CT molecular complexity index is 790. The van der Waals surface area contributed by atoms with Gasteiger partial charge in [0.1, 0.15) is 5.75 Å². The Morgan fingerprint density at radius 2 is 2.08 bits per heavy atom. The topological polar surface area (TPSA) is 41.6 Å². The lowest BCUT2D eigenvalue weighted by Crippen LogP contribution is -2.69. The molecule has 2 aromatic rings. The third-order valence-electron chi connectivity index (χ3n) is 5.90. The maximum Gasteiger partial charge on any atom is 0.261 e. The van der Waals surface area contributed by atoms with Gasteiger partial charge < -0.3 is 10.1 Å². The molecular formula is C20H26N2O2S. The van der Waals surface area contributed by atoms with Gasteiger partial charge in [0.25, 0.3) is 5.91 Å². The Hall–Kier alpha value is -1.59. The number of thiophene rings is 1. The Labute approximate surface area is 153 Å². The predicted octanol–water partition coefficient (Wildman–Crippen LogP) is 3.90. The largest absolute Gasteiger partial charge is 0.494 e. The number of rotatable bonds is 4. The number of ether oxygens (including phenoxy) is 1. The first kappa shape index (κ1) is 16.9. The molecule has 25 heavy (non-hydrogen) atoms. The Kier molecular flexibility index (Phi) is 4.24. The Morgan fingerprint density at radius 3 is 2.76 bits per heavy atom. The molecule has 1 aromatic heterocycles. The minimum absolute atomic E-state index is 0.0373. The molecule has 4 nitrogen and oxygen atoms in total. The van der Waals surface area contributed by atoms with Crippen LogP contribution < -0.4 is 10.1 Å². The number of piperidine rings is 3. The molecule has 0 saturated carbocycles. The van der Waals surface area contributed by atoms with E-state index in [4.69, 9.17) is 4.74 Å². The first-order valence-corrected chi connectivity index (χ1v) is 10.0. The number of benzene rings is 1. The zero-order valence-electron chi connectivity index (χ0n) is 15.2. The SMILES string of the molecule is CCOc1ccc2cc(C(=O)NC3C4CCN(CC4)C3(C)C)sc2c1. The van der Waals surface area contributed by atoms with E-state index in [0.29, 0.717) is 12.5 Å². The van der Waals surface area contributed by atoms with Crippen molar-refractivity contribution in [3.05, 3.63) is 29.1 Å². The van der Waals surface area contributed by atoms with Crippen LogP contribution in [0.4, 0.5) is 0 Å². The van der Waals surface area contributed by atoms with Gasteiger partial charge in [-0.05, 0) is 82.3 Å². The fourth-order valence-electron chi connectivity index (χ4n) is 4.47. The highest BCUT2D eigenvalue weighted by Crippen LogP contribution is 2.39. The Morgan fingerprint density at radius 1 is 1.32 bits per heavy atom. The predicted molar refractivity (Wildman–Crippen MR) is 103 cm³/mol. The van der Waals surface area contributed by atoms with Gasteiger partial charge in [-0.25, -0.2) is 0 Å². The van der Waals surface area contributed by atoms with Crippen LogP contribution in [0.5, 0.6) is 5.75 Å². The van der Waals surface area contributed by atoms with Crippen LogP contribution in [0.25, 0.3) is 10.1 Å². The first-order chi connectivity index (χ1) is 12.0. The maximum absolute atomic E-state index is 12.9. The van der Waals surface area contributed by atoms with Gasteiger partial charge in [0.15, 0.2) is 0 Å². The van der Waals surface area contributed by atoms with Gasteiger partial charge in [-0.2, -0.15) is 0 Å². The van der Waals surface area contributed by atoms with Crippen LogP contribution in [0, 0.1) is 5.92 Å². The summed E-state index contributed by atoms with van der Waals surface area (Å²) in [6, 6.07) is 8.26. The molecule has 4 heterocycles. The summed E-state index contributed by atoms with van der Waals surface area (Å²) in [5.41, 5.74) is 0.0373. The van der Waals surface area contributed by atoms with Crippen LogP contribution in [-0.2, 0) is 0 Å². The number of nitrogens with zero attached hydrogens (tertiary/aromatic N) is 1. The normalized spacial score (nSPS) is 27.4. The van der Waals surface area contributed by atoms with Crippen LogP contribution in [0.2, 0.25) is 0 Å². The van der Waals surface area contributed by atoms with Crippen LogP contribution in [0.15, 0.2) is 24.3 Å². The number of carbonyl (C=O) groups is 1. The molecule has 3 fully saturated rings. The fourth-order valence-corrected chi connectivity index (χ4v) is 5.46. The van der Waals surface area contributed by atoms with Crippen molar-refractivity contribution in [3.63, 3.8) is 0 Å². The Balaban J connectivity index is 1.55. The molecule has 3 aliphatic rings. The van der Waals surface area contributed by atoms with Gasteiger partial charge in [0.05, 0.1) is 11.5 Å². The molecule has 0 radical (unpaired) electrons. The van der Waals surface area contributed by atoms with Gasteiger partial charge >= 0.3 is 0 Å². The summed E-state index contributed by atoms with van der Waals surface area (Å²) in [4.78, 5) is 16.2. The number of fused-ring (bicyclic) bond motifs is 4. The molecule has 1 atom stereocenters. The zero-order chi connectivity index (χ0) is 17.6. The summed E-state index contributed by atoms with van der Waals surface area (Å²) in [7, 11) is 0. The number of amides is 1. The van der Waals surface area contributed by atoms with Crippen molar-refractivity contribution < 1.29 is 9.53 Å². The van der Waals surface area contributed by atoms with Crippen LogP contribution in [-0.4, -0.2) is 42.1 Å². The van der Waals surface area contributed by atoms with Crippen molar-refractivity contribution in [2.45, 2.75) is 45.2 Å². The second-order valence-corrected chi connectivity index (χ2v) is 8.76. The second kappa shape index (κ2) is 6.29. The molecule has 3 saturated heterocycles. The lowest BCUT2D eigenvalue weighted by Gasteiger charge is -2.56. The molecule has 1 aromatic carbocycles. The van der Waals surface area contributed by atoms with Crippen molar-refractivity contribution in [2.75, 3.05) is 19.7 Å². The van der Waals surface area contributed by atoms with E-state index in [1.54, 1.807) is 11.3 Å². The number of nitrogens with one attached hydrogen (secondary N) is 1. The van der Waals surface area contributed by atoms with Crippen molar-refractivity contribution in [1.29, 1.82) is 0 Å². The van der Waals surface area contributed by atoms with E-state index in [9.17, 15) is 4.79 Å². The molecule has 134 valence electrons. The number of carbonyl (C=O) groups excluding carboxylic acids is 1. The van der Waals surface area contributed by atoms with Crippen LogP contribution in [0.3, 0.4) is 0 Å². The number of hydrogen-bond acceptors (Lipinski definition) is 4. The summed E-state index contributed by atoms with van der Waals surface area (Å²) >= 11 is 1.55. The average molecular weight is 359 g/mol. The van der Waals surface area contributed by atoms with Gasteiger partial charge in [-0.15, -0.1) is 11.3 Å². The average Bonchev–Trinajstić information content (AvgIpc) is 3.02. The summed E-state index contributed by atoms with van der Waals surface area (Å²) in [6.45, 7) is 9.48. The van der Waals surface area contributed by atoms with Gasteiger partial charge in [-0.3, -0.25) is 9.69 Å². The summed E-state index contributed by atoms with van der Waals surface area (Å²) in [5.74, 6) is 1.52. The van der Waals surface area contributed by atoms with E-state index < -0.39 is 0 Å². The number of hydrogen-bond donors (Lipinski definition) is 1. The summed E-state index contributed by atoms with van der Waals surface area (Å²) in [5, 5.41) is 4.46. The maximum atomic E-state index is 12.9. The van der Waals surface area contributed by atoms with Gasteiger partial charge in [-0.1, -0.05) is 0 Å². The summed E-state index contributed by atoms with van der Waals surface area (Å²) in [6.07, 6.45) is 2.39. The van der Waals surface area contributed by atoms with E-state index in [0.717, 1.165) is 33.8 Å². The summed E-state index contributed by atoms with van der Waals surface area (Å²) < 4.78 is 6.67. The lowest BCUT2D eigenvalue weighted by atomic mass is 9.72. The molecule has 1 amide bonds. The van der Waals surface area contributed by atoms with E-state index in [1.807, 2.05) is 31.2 Å². The molecule has 0 aliphatic carbocycles. The van der Waals surface area contributed by atoms with E-state index >= 15 is 0 Å². The third kappa shape index (κ3) is 2.93. The van der Waals surface area contributed by atoms with Crippen LogP contribution >= 0.6 is 11.3 Å². The fraction of sp³-hybridized carbons (Fsp3) is 0.550. The monoisotopic (exact) mass is 358 g/mol. The smallest absolute Gasteiger partial charge is 0.261 e. The van der Waals surface area contributed by atoms with E-state index in [-0.39, 0.29) is 17.5 Å². The van der Waals surface area contributed by atoms with Crippen molar-refractivity contribution in [3.8, 4) is 5.75 Å². The molecular weight excluding hydrogens is 332 g/mol. The minimum Gasteiger partial charge on any atom is -0.494 e. The highest BCUT2D eigenvalue weighted by molar-refractivity contribution is 7.20. The van der Waals surface area contributed by atoms with E-state index in [1.165, 1.54) is 12.8 Å². The van der Waals surface area contributed by atoms with Crippen molar-refractivity contribution >= 4 is 27.3 Å². The van der Waals surface area contributed by atoms with Gasteiger partial charge in [0.2, 0.25) is 0 Å². The quantitative estimate of drug-likeness (QED) is 0.901. The molecule has 1 N–H and O–H groups in total. The van der Waals surface area contributed by atoms with Crippen molar-refractivity contribution in [1.82, 2.24) is 10.2 Å². The molecule has 0 spiro atoms. The lowest BCUT2D eigenvalue weighted by molar-refractivity contribution is -0.0377. The van der Waals surface area contributed by atoms with E-state index in [2.05, 4.69) is 24.1 Å². The minimum atomic E-state index is 0.0373. The third-order valence-corrected chi connectivity index (χ3v) is 7.00. The molecule has 5 heteroatoms. The molecule has 2 bridgehead atoms. The molecule has 3 aliphatic heterocycles. The molecule has 5 rings (SSSR count). The second-order valence-electron chi connectivity index (χ2n) is 7.67. The van der Waals surface area contributed by atoms with Gasteiger partial charge in [0, 0.05) is 16.3 Å². The van der Waals surface area contributed by atoms with Crippen LogP contribution in [0.1, 0.15) is 43.3 Å². The highest BCUT2D eigenvalue weighted by atomic mass is 32.1. The standard InChI is InChI=1S/C20H26N2O2S/c1-4-24-15-6-5-14-11-17(25-16(14)12-15)19(23)21-18-13-7-9-22(10-8-13)20(18,2)3/h5-6,11-13,18H,4,7-10H2,1-3H3,(H,21,23). The first-order valence-electron chi connectivity index (χ1n) is 9.21. The molecule has 1 unspecified atom stereocenters. The highest BCUT2D eigenvalue weighted by Gasteiger charge is 2.48.